The first-order valence-corrected chi connectivity index (χ1v) is 18.7. The molecule has 0 saturated carbocycles. The van der Waals surface area contributed by atoms with Gasteiger partial charge in [0.1, 0.15) is 0 Å². The standard InChI is InChI=1S/C48H28S2/c1-2-13-30-26-32(25-24-29(30)12-1)31-14-11-15-33(27-31)44-35-17-3-5-19-37(35)45(38-20-6-4-18-36(38)44)41-28-40-34-16-7-9-22-42(34)49-47(40)46-39-21-8-10-23-43(39)50-48(41)46/h1-28H. The first-order chi connectivity index (χ1) is 24.8. The molecule has 0 saturated heterocycles. The van der Waals surface area contributed by atoms with E-state index in [1.54, 1.807) is 0 Å². The number of hydrogen-bond donors (Lipinski definition) is 0. The molecule has 0 amide bonds. The predicted molar refractivity (Wildman–Crippen MR) is 221 cm³/mol. The molecule has 0 bridgehead atoms. The summed E-state index contributed by atoms with van der Waals surface area (Å²) in [4.78, 5) is 0. The third-order valence-electron chi connectivity index (χ3n) is 10.4. The molecule has 0 nitrogen and oxygen atoms in total. The van der Waals surface area contributed by atoms with E-state index in [1.807, 2.05) is 22.7 Å². The van der Waals surface area contributed by atoms with Crippen LogP contribution in [0.4, 0.5) is 0 Å². The molecule has 0 radical (unpaired) electrons. The van der Waals surface area contributed by atoms with Gasteiger partial charge in [-0.25, -0.2) is 0 Å². The quantitative estimate of drug-likeness (QED) is 0.164. The van der Waals surface area contributed by atoms with E-state index in [9.17, 15) is 0 Å². The van der Waals surface area contributed by atoms with Gasteiger partial charge < -0.3 is 0 Å². The van der Waals surface area contributed by atoms with Crippen molar-refractivity contribution < 1.29 is 0 Å². The average Bonchev–Trinajstić information content (AvgIpc) is 3.75. The highest BCUT2D eigenvalue weighted by Gasteiger charge is 2.22. The van der Waals surface area contributed by atoms with Gasteiger partial charge in [-0.1, -0.05) is 140 Å². The fourth-order valence-corrected chi connectivity index (χ4v) is 10.7. The third kappa shape index (κ3) is 4.10. The summed E-state index contributed by atoms with van der Waals surface area (Å²) in [5.41, 5.74) is 7.63. The van der Waals surface area contributed by atoms with Gasteiger partial charge in [0.2, 0.25) is 0 Å². The Labute approximate surface area is 297 Å². The Morgan fingerprint density at radius 2 is 0.840 bits per heavy atom. The van der Waals surface area contributed by atoms with Gasteiger partial charge in [0.15, 0.2) is 0 Å². The van der Waals surface area contributed by atoms with Crippen molar-refractivity contribution >= 4 is 95.3 Å². The van der Waals surface area contributed by atoms with E-state index >= 15 is 0 Å². The Bertz CT molecular complexity index is 3100. The highest BCUT2D eigenvalue weighted by atomic mass is 32.1. The first kappa shape index (κ1) is 28.1. The molecule has 11 aromatic rings. The van der Waals surface area contributed by atoms with Crippen LogP contribution in [0.25, 0.3) is 106 Å². The van der Waals surface area contributed by atoms with Gasteiger partial charge in [0, 0.05) is 45.9 Å². The van der Waals surface area contributed by atoms with Crippen LogP contribution in [0.5, 0.6) is 0 Å². The largest absolute Gasteiger partial charge is 0.134 e. The van der Waals surface area contributed by atoms with Crippen LogP contribution >= 0.6 is 22.7 Å². The van der Waals surface area contributed by atoms with Crippen molar-refractivity contribution in [3.05, 3.63) is 170 Å². The summed E-state index contributed by atoms with van der Waals surface area (Å²) in [6.07, 6.45) is 0. The van der Waals surface area contributed by atoms with Gasteiger partial charge in [-0.15, -0.1) is 22.7 Å². The molecule has 0 N–H and O–H groups in total. The number of benzene rings is 9. The van der Waals surface area contributed by atoms with Crippen LogP contribution in [0.1, 0.15) is 0 Å². The number of fused-ring (bicyclic) bond motifs is 10. The molecule has 0 atom stereocenters. The zero-order valence-corrected chi connectivity index (χ0v) is 28.6. The molecule has 0 aliphatic heterocycles. The van der Waals surface area contributed by atoms with Crippen molar-refractivity contribution in [3.8, 4) is 33.4 Å². The van der Waals surface area contributed by atoms with Crippen molar-refractivity contribution in [2.24, 2.45) is 0 Å². The first-order valence-electron chi connectivity index (χ1n) is 17.1. The summed E-state index contributed by atoms with van der Waals surface area (Å²) in [7, 11) is 0. The molecular formula is C48H28S2. The Hall–Kier alpha value is -5.80. The van der Waals surface area contributed by atoms with Gasteiger partial charge in [-0.3, -0.25) is 0 Å². The van der Waals surface area contributed by atoms with Gasteiger partial charge in [0.25, 0.3) is 0 Å². The average molecular weight is 669 g/mol. The van der Waals surface area contributed by atoms with E-state index < -0.39 is 0 Å². The van der Waals surface area contributed by atoms with Gasteiger partial charge in [-0.2, -0.15) is 0 Å². The van der Waals surface area contributed by atoms with Crippen molar-refractivity contribution in [3.63, 3.8) is 0 Å². The van der Waals surface area contributed by atoms with Crippen LogP contribution in [-0.2, 0) is 0 Å². The van der Waals surface area contributed by atoms with Crippen LogP contribution in [0.2, 0.25) is 0 Å². The minimum Gasteiger partial charge on any atom is -0.134 e. The topological polar surface area (TPSA) is 0 Å². The molecule has 0 aliphatic carbocycles. The van der Waals surface area contributed by atoms with Crippen molar-refractivity contribution in [1.29, 1.82) is 0 Å². The second-order valence-corrected chi connectivity index (χ2v) is 15.3. The maximum atomic E-state index is 2.50. The summed E-state index contributed by atoms with van der Waals surface area (Å²) < 4.78 is 5.43. The lowest BCUT2D eigenvalue weighted by molar-refractivity contribution is 1.63. The summed E-state index contributed by atoms with van der Waals surface area (Å²) >= 11 is 3.86. The minimum absolute atomic E-state index is 1.23. The molecule has 0 fully saturated rings. The molecule has 2 heterocycles. The lowest BCUT2D eigenvalue weighted by atomic mass is 9.85. The molecular weight excluding hydrogens is 641 g/mol. The molecule has 50 heavy (non-hydrogen) atoms. The van der Waals surface area contributed by atoms with Crippen LogP contribution < -0.4 is 0 Å². The lowest BCUT2D eigenvalue weighted by Gasteiger charge is -2.19. The van der Waals surface area contributed by atoms with Crippen LogP contribution in [-0.4, -0.2) is 0 Å². The van der Waals surface area contributed by atoms with Crippen LogP contribution in [0.15, 0.2) is 170 Å². The lowest BCUT2D eigenvalue weighted by Crippen LogP contribution is -1.91. The zero-order chi connectivity index (χ0) is 32.8. The highest BCUT2D eigenvalue weighted by Crippen LogP contribution is 2.52. The second kappa shape index (κ2) is 10.9. The monoisotopic (exact) mass is 668 g/mol. The molecule has 0 spiro atoms. The van der Waals surface area contributed by atoms with Crippen molar-refractivity contribution in [2.75, 3.05) is 0 Å². The third-order valence-corrected chi connectivity index (χ3v) is 12.8. The van der Waals surface area contributed by atoms with Gasteiger partial charge in [0.05, 0.1) is 0 Å². The Morgan fingerprint density at radius 3 is 1.58 bits per heavy atom. The SMILES string of the molecule is c1cc(-c2ccc3ccccc3c2)cc(-c2c3ccccc3c(-c3cc4c5ccccc5sc4c4c3sc3ccccc34)c3ccccc23)c1. The van der Waals surface area contributed by atoms with E-state index in [4.69, 9.17) is 0 Å². The summed E-state index contributed by atoms with van der Waals surface area (Å²) in [6.45, 7) is 0. The summed E-state index contributed by atoms with van der Waals surface area (Å²) in [5.74, 6) is 0. The molecule has 11 rings (SSSR count). The normalized spacial score (nSPS) is 12.0. The van der Waals surface area contributed by atoms with Crippen molar-refractivity contribution in [1.82, 2.24) is 0 Å². The van der Waals surface area contributed by atoms with E-state index in [-0.39, 0.29) is 0 Å². The van der Waals surface area contributed by atoms with E-state index in [1.165, 1.54) is 106 Å². The zero-order valence-electron chi connectivity index (χ0n) is 27.0. The van der Waals surface area contributed by atoms with Crippen molar-refractivity contribution in [2.45, 2.75) is 0 Å². The van der Waals surface area contributed by atoms with Gasteiger partial charge >= 0.3 is 0 Å². The molecule has 232 valence electrons. The Balaban J connectivity index is 1.24. The smallest absolute Gasteiger partial charge is 0.0449 e. The molecule has 2 aromatic heterocycles. The van der Waals surface area contributed by atoms with Gasteiger partial charge in [-0.05, 0) is 90.5 Å². The molecule has 2 heteroatoms. The van der Waals surface area contributed by atoms with Crippen LogP contribution in [0, 0.1) is 0 Å². The van der Waals surface area contributed by atoms with E-state index in [0.29, 0.717) is 0 Å². The van der Waals surface area contributed by atoms with Crippen LogP contribution in [0.3, 0.4) is 0 Å². The summed E-state index contributed by atoms with van der Waals surface area (Å²) in [6, 6.07) is 63.0. The van der Waals surface area contributed by atoms with E-state index in [0.717, 1.165) is 0 Å². The fraction of sp³-hybridized carbons (Fsp3) is 0. The maximum Gasteiger partial charge on any atom is 0.0449 e. The number of rotatable bonds is 3. The molecule has 9 aromatic carbocycles. The summed E-state index contributed by atoms with van der Waals surface area (Å²) in [5, 5.41) is 13.1. The molecule has 0 unspecified atom stereocenters. The van der Waals surface area contributed by atoms with E-state index in [2.05, 4.69) is 170 Å². The minimum atomic E-state index is 1.23. The Morgan fingerprint density at radius 1 is 0.300 bits per heavy atom. The predicted octanol–water partition coefficient (Wildman–Crippen LogP) is 14.9. The highest BCUT2D eigenvalue weighted by molar-refractivity contribution is 7.30. The molecule has 0 aliphatic rings. The Kier molecular flexibility index (Phi) is 6.09. The maximum absolute atomic E-state index is 2.50. The number of hydrogen-bond acceptors (Lipinski definition) is 2. The second-order valence-electron chi connectivity index (χ2n) is 13.2. The fourth-order valence-electron chi connectivity index (χ4n) is 8.20. The number of thiophene rings is 2.